The number of alkyl halides is 1. The maximum Gasteiger partial charge on any atom is 0.335 e. The molecule has 0 atom stereocenters. The Labute approximate surface area is 227 Å². The second-order valence-corrected chi connectivity index (χ2v) is 11.0. The molecule has 2 aliphatic rings. The van der Waals surface area contributed by atoms with Crippen molar-refractivity contribution < 1.29 is 18.7 Å². The van der Waals surface area contributed by atoms with Crippen LogP contribution in [-0.4, -0.2) is 42.3 Å². The summed E-state index contributed by atoms with van der Waals surface area (Å²) < 4.78 is 28.0. The Morgan fingerprint density at radius 3 is 2.55 bits per heavy atom. The zero-order chi connectivity index (χ0) is 26.8. The van der Waals surface area contributed by atoms with Gasteiger partial charge in [-0.25, -0.2) is 9.18 Å². The number of nitrogens with zero attached hydrogens (tertiary/aromatic N) is 1. The summed E-state index contributed by atoms with van der Waals surface area (Å²) in [5, 5.41) is 10.2. The highest BCUT2D eigenvalue weighted by Gasteiger charge is 2.28. The predicted molar refractivity (Wildman–Crippen MR) is 149 cm³/mol. The fourth-order valence-corrected chi connectivity index (χ4v) is 6.18. The first-order valence-electron chi connectivity index (χ1n) is 13.3. The molecule has 1 aliphatic heterocycles. The topological polar surface area (TPSA) is 40.5 Å². The Morgan fingerprint density at radius 1 is 1.05 bits per heavy atom. The van der Waals surface area contributed by atoms with Gasteiger partial charge < -0.3 is 10.0 Å². The Hall–Kier alpha value is -3.02. The molecule has 0 bridgehead atoms. The van der Waals surface area contributed by atoms with E-state index in [0.29, 0.717) is 29.3 Å². The number of benzene rings is 3. The average molecular weight is 536 g/mol. The summed E-state index contributed by atoms with van der Waals surface area (Å²) in [6.07, 6.45) is 3.52. The number of hydrogen-bond acceptors (Lipinski definition) is 2. The third kappa shape index (κ3) is 5.55. The van der Waals surface area contributed by atoms with E-state index in [4.69, 9.17) is 11.6 Å². The molecule has 0 aromatic heterocycles. The molecule has 3 aromatic carbocycles. The molecule has 198 valence electrons. The Balaban J connectivity index is 1.55. The van der Waals surface area contributed by atoms with Gasteiger partial charge in [-0.05, 0) is 114 Å². The maximum atomic E-state index is 15.5. The lowest BCUT2D eigenvalue weighted by Gasteiger charge is -2.39. The number of carboxylic acid groups (broad SMARTS) is 1. The number of likely N-dealkylation sites (tertiary alicyclic amines) is 1. The third-order valence-electron chi connectivity index (χ3n) is 7.74. The lowest BCUT2D eigenvalue weighted by Crippen LogP contribution is -2.48. The fourth-order valence-electron chi connectivity index (χ4n) is 5.84. The number of rotatable bonds is 8. The molecule has 6 heteroatoms. The molecule has 38 heavy (non-hydrogen) atoms. The molecule has 3 aromatic rings. The molecule has 1 aliphatic carbocycles. The SMILES string of the molecule is Cc1ccc(C2=C(c3ccc(CC4CN(CCCF)C4)c(F)c3)c3ccc(C(=O)O)cc3CCC2)c(Cl)c1. The van der Waals surface area contributed by atoms with Gasteiger partial charge in [0, 0.05) is 24.7 Å². The van der Waals surface area contributed by atoms with Gasteiger partial charge in [-0.1, -0.05) is 41.9 Å². The van der Waals surface area contributed by atoms with Crippen LogP contribution in [0.25, 0.3) is 11.1 Å². The molecule has 5 rings (SSSR count). The van der Waals surface area contributed by atoms with Crippen molar-refractivity contribution in [2.45, 2.75) is 39.0 Å². The minimum atomic E-state index is -0.959. The first-order valence-corrected chi connectivity index (χ1v) is 13.6. The summed E-state index contributed by atoms with van der Waals surface area (Å²) in [5.74, 6) is -0.817. The Morgan fingerprint density at radius 2 is 1.84 bits per heavy atom. The van der Waals surface area contributed by atoms with Crippen molar-refractivity contribution in [2.75, 3.05) is 26.3 Å². The number of halogens is 3. The normalized spacial score (nSPS) is 16.2. The van der Waals surface area contributed by atoms with Crippen molar-refractivity contribution in [3.63, 3.8) is 0 Å². The molecular formula is C32H32ClF2NO2. The molecule has 0 spiro atoms. The molecule has 1 N–H and O–H groups in total. The van der Waals surface area contributed by atoms with E-state index in [9.17, 15) is 14.3 Å². The summed E-state index contributed by atoms with van der Waals surface area (Å²) in [6, 6.07) is 16.7. The second-order valence-electron chi connectivity index (χ2n) is 10.5. The Bertz CT molecular complexity index is 1390. The highest BCUT2D eigenvalue weighted by Crippen LogP contribution is 2.42. The van der Waals surface area contributed by atoms with Crippen molar-refractivity contribution in [2.24, 2.45) is 5.92 Å². The quantitative estimate of drug-likeness (QED) is 0.322. The van der Waals surface area contributed by atoms with Crippen molar-refractivity contribution in [1.82, 2.24) is 4.90 Å². The number of hydrogen-bond donors (Lipinski definition) is 1. The van der Waals surface area contributed by atoms with Crippen LogP contribution in [0, 0.1) is 18.7 Å². The average Bonchev–Trinajstić information content (AvgIpc) is 3.05. The number of allylic oxidation sites excluding steroid dienone is 1. The molecule has 0 amide bonds. The summed E-state index contributed by atoms with van der Waals surface area (Å²) in [4.78, 5) is 13.9. The second kappa shape index (κ2) is 11.4. The molecular weight excluding hydrogens is 504 g/mol. The van der Waals surface area contributed by atoms with Gasteiger partial charge in [-0.15, -0.1) is 0 Å². The first kappa shape index (κ1) is 26.6. The van der Waals surface area contributed by atoms with Crippen molar-refractivity contribution in [3.8, 4) is 0 Å². The van der Waals surface area contributed by atoms with Crippen molar-refractivity contribution in [3.05, 3.63) is 104 Å². The van der Waals surface area contributed by atoms with Gasteiger partial charge in [-0.2, -0.15) is 0 Å². The highest BCUT2D eigenvalue weighted by molar-refractivity contribution is 6.32. The minimum absolute atomic E-state index is 0.237. The standard InChI is InChI=1S/C32H32ClF2NO2/c1-20-6-10-27(29(33)14-20)28-5-2-4-22-16-25(32(37)38)9-11-26(22)31(28)24-8-7-23(30(35)17-24)15-21-18-36(19-21)13-3-12-34/h6-11,14,16-17,21H,2-5,12-13,15,18-19H2,1H3,(H,37,38). The van der Waals surface area contributed by atoms with Crippen molar-refractivity contribution in [1.29, 1.82) is 0 Å². The van der Waals surface area contributed by atoms with Gasteiger partial charge >= 0.3 is 5.97 Å². The molecule has 1 fully saturated rings. The van der Waals surface area contributed by atoms with Crippen LogP contribution in [-0.2, 0) is 12.8 Å². The van der Waals surface area contributed by atoms with Crippen LogP contribution in [0.5, 0.6) is 0 Å². The van der Waals surface area contributed by atoms with E-state index >= 15 is 4.39 Å². The van der Waals surface area contributed by atoms with E-state index in [1.165, 1.54) is 0 Å². The lowest BCUT2D eigenvalue weighted by molar-refractivity contribution is 0.0696. The lowest BCUT2D eigenvalue weighted by atomic mass is 9.85. The van der Waals surface area contributed by atoms with Gasteiger partial charge in [0.2, 0.25) is 0 Å². The van der Waals surface area contributed by atoms with Crippen molar-refractivity contribution >= 4 is 28.7 Å². The number of fused-ring (bicyclic) bond motifs is 1. The first-order chi connectivity index (χ1) is 18.3. The highest BCUT2D eigenvalue weighted by atomic mass is 35.5. The number of carbonyl (C=O) groups is 1. The molecule has 0 radical (unpaired) electrons. The van der Waals surface area contributed by atoms with Gasteiger partial charge in [-0.3, -0.25) is 4.39 Å². The van der Waals surface area contributed by atoms with Crippen LogP contribution in [0.3, 0.4) is 0 Å². The van der Waals surface area contributed by atoms with Crippen LogP contribution in [0.4, 0.5) is 8.78 Å². The van der Waals surface area contributed by atoms with Gasteiger partial charge in [0.15, 0.2) is 0 Å². The monoisotopic (exact) mass is 535 g/mol. The van der Waals surface area contributed by atoms with E-state index in [1.807, 2.05) is 43.3 Å². The predicted octanol–water partition coefficient (Wildman–Crippen LogP) is 7.62. The maximum absolute atomic E-state index is 15.5. The molecule has 1 saturated heterocycles. The molecule has 3 nitrogen and oxygen atoms in total. The van der Waals surface area contributed by atoms with E-state index in [0.717, 1.165) is 77.9 Å². The smallest absolute Gasteiger partial charge is 0.335 e. The van der Waals surface area contributed by atoms with Crippen LogP contribution >= 0.6 is 11.6 Å². The van der Waals surface area contributed by atoms with E-state index in [-0.39, 0.29) is 18.1 Å². The summed E-state index contributed by atoms with van der Waals surface area (Å²) in [7, 11) is 0. The van der Waals surface area contributed by atoms with Crippen LogP contribution in [0.1, 0.15) is 63.0 Å². The number of aryl methyl sites for hydroxylation is 2. The fraction of sp³-hybridized carbons (Fsp3) is 0.344. The van der Waals surface area contributed by atoms with Crippen LogP contribution in [0.2, 0.25) is 5.02 Å². The summed E-state index contributed by atoms with van der Waals surface area (Å²) >= 11 is 6.73. The van der Waals surface area contributed by atoms with Crippen LogP contribution in [0.15, 0.2) is 54.6 Å². The summed E-state index contributed by atoms with van der Waals surface area (Å²) in [6.45, 7) is 4.21. The summed E-state index contributed by atoms with van der Waals surface area (Å²) in [5.41, 5.74) is 7.53. The number of carboxylic acids is 1. The minimum Gasteiger partial charge on any atom is -0.478 e. The number of aromatic carboxylic acids is 1. The van der Waals surface area contributed by atoms with Gasteiger partial charge in [0.25, 0.3) is 0 Å². The van der Waals surface area contributed by atoms with E-state index in [2.05, 4.69) is 4.90 Å². The Kier molecular flexibility index (Phi) is 7.96. The molecule has 1 heterocycles. The van der Waals surface area contributed by atoms with Gasteiger partial charge in [0.05, 0.1) is 12.2 Å². The van der Waals surface area contributed by atoms with Gasteiger partial charge in [0.1, 0.15) is 5.82 Å². The molecule has 0 unspecified atom stereocenters. The molecule has 0 saturated carbocycles. The van der Waals surface area contributed by atoms with E-state index < -0.39 is 5.97 Å². The van der Waals surface area contributed by atoms with E-state index in [1.54, 1.807) is 18.2 Å². The zero-order valence-electron chi connectivity index (χ0n) is 21.6. The largest absolute Gasteiger partial charge is 0.478 e. The third-order valence-corrected chi connectivity index (χ3v) is 8.05. The zero-order valence-corrected chi connectivity index (χ0v) is 22.3. The van der Waals surface area contributed by atoms with Crippen LogP contribution < -0.4 is 0 Å².